The number of carbonyl (C=O) groups is 1. The second kappa shape index (κ2) is 5.19. The molecule has 0 fully saturated rings. The number of carboxylic acids is 1. The van der Waals surface area contributed by atoms with Crippen molar-refractivity contribution in [3.05, 3.63) is 52.8 Å². The standard InChI is InChI=1S/C12H7ClF2N2O2/c13-8-3-6(14)4-9(15)11(8)17-10-1-2-16-5-7(10)12(18)19/h1-5H,(H,16,17)(H,18,19). The van der Waals surface area contributed by atoms with Crippen LogP contribution in [-0.4, -0.2) is 16.1 Å². The van der Waals surface area contributed by atoms with Crippen molar-refractivity contribution >= 4 is 28.9 Å². The number of halogens is 3. The molecule has 0 unspecified atom stereocenters. The maximum Gasteiger partial charge on any atom is 0.339 e. The lowest BCUT2D eigenvalue weighted by molar-refractivity contribution is 0.0697. The number of aromatic nitrogens is 1. The van der Waals surface area contributed by atoms with Crippen molar-refractivity contribution in [1.82, 2.24) is 4.98 Å². The number of pyridine rings is 1. The zero-order valence-corrected chi connectivity index (χ0v) is 10.1. The number of carboxylic acid groups (broad SMARTS) is 1. The summed E-state index contributed by atoms with van der Waals surface area (Å²) in [6, 6.07) is 2.92. The maximum atomic E-state index is 13.6. The molecule has 2 aromatic rings. The second-order valence-corrected chi connectivity index (χ2v) is 4.00. The van der Waals surface area contributed by atoms with Gasteiger partial charge in [0.25, 0.3) is 0 Å². The number of rotatable bonds is 3. The minimum atomic E-state index is -1.23. The van der Waals surface area contributed by atoms with Crippen molar-refractivity contribution < 1.29 is 18.7 Å². The van der Waals surface area contributed by atoms with E-state index in [1.54, 1.807) is 0 Å². The molecule has 0 aliphatic carbocycles. The van der Waals surface area contributed by atoms with Crippen molar-refractivity contribution in [1.29, 1.82) is 0 Å². The molecule has 2 N–H and O–H groups in total. The van der Waals surface area contributed by atoms with Crippen LogP contribution in [0.1, 0.15) is 10.4 Å². The lowest BCUT2D eigenvalue weighted by atomic mass is 10.2. The highest BCUT2D eigenvalue weighted by atomic mass is 35.5. The summed E-state index contributed by atoms with van der Waals surface area (Å²) >= 11 is 5.71. The Bertz CT molecular complexity index is 626. The molecule has 0 bridgehead atoms. The van der Waals surface area contributed by atoms with Gasteiger partial charge in [0.1, 0.15) is 11.4 Å². The molecule has 2 rings (SSSR count). The zero-order valence-electron chi connectivity index (χ0n) is 9.32. The van der Waals surface area contributed by atoms with E-state index in [1.165, 1.54) is 12.3 Å². The Labute approximate surface area is 111 Å². The van der Waals surface area contributed by atoms with E-state index in [2.05, 4.69) is 10.3 Å². The molecule has 1 aromatic heterocycles. The highest BCUT2D eigenvalue weighted by Crippen LogP contribution is 2.30. The summed E-state index contributed by atoms with van der Waals surface area (Å²) in [4.78, 5) is 14.6. The summed E-state index contributed by atoms with van der Waals surface area (Å²) in [7, 11) is 0. The zero-order chi connectivity index (χ0) is 14.0. The molecule has 0 saturated carbocycles. The van der Waals surface area contributed by atoms with E-state index in [4.69, 9.17) is 16.7 Å². The topological polar surface area (TPSA) is 62.2 Å². The summed E-state index contributed by atoms with van der Waals surface area (Å²) in [5.74, 6) is -2.96. The van der Waals surface area contributed by atoms with Crippen LogP contribution in [0.5, 0.6) is 0 Å². The van der Waals surface area contributed by atoms with Gasteiger partial charge >= 0.3 is 5.97 Å². The number of benzene rings is 1. The van der Waals surface area contributed by atoms with Gasteiger partial charge in [-0.3, -0.25) is 4.98 Å². The number of nitrogens with zero attached hydrogens (tertiary/aromatic N) is 1. The largest absolute Gasteiger partial charge is 0.478 e. The Hall–Kier alpha value is -2.21. The summed E-state index contributed by atoms with van der Waals surface area (Å²) in [5.41, 5.74) is -0.242. The van der Waals surface area contributed by atoms with Gasteiger partial charge in [-0.1, -0.05) is 11.6 Å². The van der Waals surface area contributed by atoms with Gasteiger partial charge in [-0.25, -0.2) is 13.6 Å². The average Bonchev–Trinajstić information content (AvgIpc) is 2.34. The summed E-state index contributed by atoms with van der Waals surface area (Å²) in [6.45, 7) is 0. The van der Waals surface area contributed by atoms with Crippen LogP contribution in [0, 0.1) is 11.6 Å². The van der Waals surface area contributed by atoms with Crippen LogP contribution in [-0.2, 0) is 0 Å². The van der Waals surface area contributed by atoms with Gasteiger partial charge in [0.05, 0.1) is 16.4 Å². The molecule has 0 aliphatic heterocycles. The first-order valence-electron chi connectivity index (χ1n) is 5.08. The van der Waals surface area contributed by atoms with Crippen LogP contribution >= 0.6 is 11.6 Å². The van der Waals surface area contributed by atoms with E-state index in [-0.39, 0.29) is 22.0 Å². The second-order valence-electron chi connectivity index (χ2n) is 3.60. The molecule has 0 radical (unpaired) electrons. The molecule has 0 saturated heterocycles. The number of aromatic carboxylic acids is 1. The number of hydrogen-bond acceptors (Lipinski definition) is 3. The Morgan fingerprint density at radius 3 is 2.74 bits per heavy atom. The van der Waals surface area contributed by atoms with Gasteiger partial charge < -0.3 is 10.4 Å². The average molecular weight is 285 g/mol. The lowest BCUT2D eigenvalue weighted by Gasteiger charge is -2.11. The highest BCUT2D eigenvalue weighted by molar-refractivity contribution is 6.33. The molecule has 1 aromatic carbocycles. The first-order valence-corrected chi connectivity index (χ1v) is 5.45. The minimum absolute atomic E-state index is 0.106. The van der Waals surface area contributed by atoms with Crippen LogP contribution < -0.4 is 5.32 Å². The Morgan fingerprint density at radius 2 is 2.11 bits per heavy atom. The molecule has 1 heterocycles. The Balaban J connectivity index is 2.45. The van der Waals surface area contributed by atoms with Gasteiger partial charge in [-0.05, 0) is 12.1 Å². The molecule has 4 nitrogen and oxygen atoms in total. The smallest absolute Gasteiger partial charge is 0.339 e. The number of hydrogen-bond donors (Lipinski definition) is 2. The quantitative estimate of drug-likeness (QED) is 0.906. The van der Waals surface area contributed by atoms with Crippen molar-refractivity contribution in [2.45, 2.75) is 0 Å². The monoisotopic (exact) mass is 284 g/mol. The van der Waals surface area contributed by atoms with Crippen LogP contribution in [0.25, 0.3) is 0 Å². The molecule has 7 heteroatoms. The van der Waals surface area contributed by atoms with Gasteiger partial charge in [0, 0.05) is 18.5 Å². The number of nitrogens with one attached hydrogen (secondary N) is 1. The van der Waals surface area contributed by atoms with E-state index in [1.807, 2.05) is 0 Å². The molecule has 19 heavy (non-hydrogen) atoms. The summed E-state index contributed by atoms with van der Waals surface area (Å²) in [6.07, 6.45) is 2.45. The van der Waals surface area contributed by atoms with Gasteiger partial charge in [0.2, 0.25) is 0 Å². The van der Waals surface area contributed by atoms with Crippen molar-refractivity contribution in [3.8, 4) is 0 Å². The fraction of sp³-hybridized carbons (Fsp3) is 0. The lowest BCUT2D eigenvalue weighted by Crippen LogP contribution is -2.04. The van der Waals surface area contributed by atoms with Crippen molar-refractivity contribution in [2.75, 3.05) is 5.32 Å². The number of anilines is 2. The third kappa shape index (κ3) is 2.79. The van der Waals surface area contributed by atoms with Crippen LogP contribution in [0.15, 0.2) is 30.6 Å². The first kappa shape index (κ1) is 13.2. The normalized spacial score (nSPS) is 10.3. The van der Waals surface area contributed by atoms with E-state index < -0.39 is 17.6 Å². The third-order valence-electron chi connectivity index (χ3n) is 2.32. The SMILES string of the molecule is O=C(O)c1cnccc1Nc1c(F)cc(F)cc1Cl. The van der Waals surface area contributed by atoms with E-state index >= 15 is 0 Å². The molecular formula is C12H7ClF2N2O2. The summed E-state index contributed by atoms with van der Waals surface area (Å²) < 4.78 is 26.5. The minimum Gasteiger partial charge on any atom is -0.478 e. The maximum absolute atomic E-state index is 13.6. The van der Waals surface area contributed by atoms with E-state index in [0.29, 0.717) is 6.07 Å². The molecular weight excluding hydrogens is 278 g/mol. The van der Waals surface area contributed by atoms with Crippen LogP contribution in [0.2, 0.25) is 5.02 Å². The van der Waals surface area contributed by atoms with Gasteiger partial charge in [-0.2, -0.15) is 0 Å². The van der Waals surface area contributed by atoms with Gasteiger partial charge in [0.15, 0.2) is 5.82 Å². The molecule has 98 valence electrons. The summed E-state index contributed by atoms with van der Waals surface area (Å²) in [5, 5.41) is 11.3. The van der Waals surface area contributed by atoms with Crippen LogP contribution in [0.4, 0.5) is 20.2 Å². The third-order valence-corrected chi connectivity index (χ3v) is 2.62. The van der Waals surface area contributed by atoms with Crippen LogP contribution in [0.3, 0.4) is 0 Å². The van der Waals surface area contributed by atoms with Gasteiger partial charge in [-0.15, -0.1) is 0 Å². The first-order chi connectivity index (χ1) is 8.99. The molecule has 0 aliphatic rings. The van der Waals surface area contributed by atoms with Crippen molar-refractivity contribution in [3.63, 3.8) is 0 Å². The van der Waals surface area contributed by atoms with E-state index in [9.17, 15) is 13.6 Å². The predicted molar refractivity (Wildman–Crippen MR) is 65.8 cm³/mol. The highest BCUT2D eigenvalue weighted by Gasteiger charge is 2.14. The molecule has 0 spiro atoms. The van der Waals surface area contributed by atoms with E-state index in [0.717, 1.165) is 12.3 Å². The van der Waals surface area contributed by atoms with Crippen molar-refractivity contribution in [2.24, 2.45) is 0 Å². The Morgan fingerprint density at radius 1 is 1.37 bits per heavy atom. The fourth-order valence-electron chi connectivity index (χ4n) is 1.47. The molecule has 0 amide bonds. The fourth-order valence-corrected chi connectivity index (χ4v) is 1.71. The predicted octanol–water partition coefficient (Wildman–Crippen LogP) is 3.46. The Kier molecular flexibility index (Phi) is 3.62. The molecule has 0 atom stereocenters.